The van der Waals surface area contributed by atoms with Gasteiger partial charge >= 0.3 is 5.97 Å². The molecule has 0 N–H and O–H groups in total. The molecule has 5 nitrogen and oxygen atoms in total. The predicted octanol–water partition coefficient (Wildman–Crippen LogP) is 3.32. The molecule has 0 aliphatic carbocycles. The van der Waals surface area contributed by atoms with Gasteiger partial charge in [0.2, 0.25) is 0 Å². The number of carbonyl (C=O) groups excluding carboxylic acids is 3. The molecule has 3 rings (SSSR count). The average molecular weight is 327 g/mol. The highest BCUT2D eigenvalue weighted by molar-refractivity contribution is 6.21. The Kier molecular flexibility index (Phi) is 3.89. The van der Waals surface area contributed by atoms with E-state index in [-0.39, 0.29) is 22.6 Å². The highest BCUT2D eigenvalue weighted by atomic mass is 19.1. The Morgan fingerprint density at radius 2 is 1.58 bits per heavy atom. The molecule has 0 bridgehead atoms. The summed E-state index contributed by atoms with van der Waals surface area (Å²) in [6, 6.07) is 10.5. The molecule has 0 radical (unpaired) electrons. The van der Waals surface area contributed by atoms with E-state index >= 15 is 0 Å². The fraction of sp³-hybridized carbons (Fsp3) is 0.167. The molecule has 2 amide bonds. The molecule has 122 valence electrons. The largest absolute Gasteiger partial charge is 0.366 e. The van der Waals surface area contributed by atoms with Crippen LogP contribution in [0.25, 0.3) is 0 Å². The van der Waals surface area contributed by atoms with Crippen molar-refractivity contribution in [3.8, 4) is 0 Å². The van der Waals surface area contributed by atoms with Crippen molar-refractivity contribution in [1.82, 2.24) is 5.06 Å². The number of halogens is 1. The topological polar surface area (TPSA) is 63.7 Å². The van der Waals surface area contributed by atoms with Gasteiger partial charge < -0.3 is 4.84 Å². The number of carbonyl (C=O) groups is 3. The summed E-state index contributed by atoms with van der Waals surface area (Å²) < 4.78 is 14.4. The number of nitrogens with zero attached hydrogens (tertiary/aromatic N) is 1. The summed E-state index contributed by atoms with van der Waals surface area (Å²) in [7, 11) is 0. The molecule has 0 atom stereocenters. The SMILES string of the molecule is CC(C)c1cccc(C(=O)ON2C(=O)c3ccccc3C2=O)c1F. The summed E-state index contributed by atoms with van der Waals surface area (Å²) in [6.07, 6.45) is 0. The van der Waals surface area contributed by atoms with Gasteiger partial charge in [0.25, 0.3) is 11.8 Å². The molecule has 2 aromatic carbocycles. The van der Waals surface area contributed by atoms with E-state index < -0.39 is 23.6 Å². The van der Waals surface area contributed by atoms with Crippen molar-refractivity contribution < 1.29 is 23.6 Å². The van der Waals surface area contributed by atoms with Gasteiger partial charge in [-0.3, -0.25) is 9.59 Å². The molecule has 0 spiro atoms. The summed E-state index contributed by atoms with van der Waals surface area (Å²) in [6.45, 7) is 3.58. The summed E-state index contributed by atoms with van der Waals surface area (Å²) in [4.78, 5) is 41.4. The highest BCUT2D eigenvalue weighted by Crippen LogP contribution is 2.25. The summed E-state index contributed by atoms with van der Waals surface area (Å²) >= 11 is 0. The number of amides is 2. The monoisotopic (exact) mass is 327 g/mol. The van der Waals surface area contributed by atoms with Gasteiger partial charge in [-0.05, 0) is 29.7 Å². The summed E-state index contributed by atoms with van der Waals surface area (Å²) in [5.41, 5.74) is 0.322. The molecular weight excluding hydrogens is 313 g/mol. The van der Waals surface area contributed by atoms with E-state index in [9.17, 15) is 18.8 Å². The predicted molar refractivity (Wildman–Crippen MR) is 82.8 cm³/mol. The second kappa shape index (κ2) is 5.88. The first-order chi connectivity index (χ1) is 11.4. The quantitative estimate of drug-likeness (QED) is 0.811. The molecule has 2 aromatic rings. The van der Waals surface area contributed by atoms with E-state index in [1.165, 1.54) is 24.3 Å². The second-order valence-corrected chi connectivity index (χ2v) is 5.69. The number of fused-ring (bicyclic) bond motifs is 1. The number of hydroxylamine groups is 2. The lowest BCUT2D eigenvalue weighted by molar-refractivity contribution is -0.0587. The lowest BCUT2D eigenvalue weighted by Gasteiger charge is -2.14. The van der Waals surface area contributed by atoms with Crippen LogP contribution >= 0.6 is 0 Å². The summed E-state index contributed by atoms with van der Waals surface area (Å²) in [5, 5.41) is 0.370. The lowest BCUT2D eigenvalue weighted by Crippen LogP contribution is -2.33. The van der Waals surface area contributed by atoms with E-state index in [1.54, 1.807) is 32.0 Å². The smallest absolute Gasteiger partial charge is 0.324 e. The van der Waals surface area contributed by atoms with Gasteiger partial charge in [0.05, 0.1) is 16.7 Å². The van der Waals surface area contributed by atoms with Crippen LogP contribution in [0.1, 0.15) is 56.4 Å². The van der Waals surface area contributed by atoms with Crippen LogP contribution in [0.5, 0.6) is 0 Å². The van der Waals surface area contributed by atoms with Crippen LogP contribution in [0.3, 0.4) is 0 Å². The lowest BCUT2D eigenvalue weighted by atomic mass is 10.00. The van der Waals surface area contributed by atoms with Gasteiger partial charge in [0, 0.05) is 0 Å². The molecule has 6 heteroatoms. The fourth-order valence-corrected chi connectivity index (χ4v) is 2.54. The molecule has 0 unspecified atom stereocenters. The minimum atomic E-state index is -1.09. The first kappa shape index (κ1) is 15.9. The fourth-order valence-electron chi connectivity index (χ4n) is 2.54. The van der Waals surface area contributed by atoms with Crippen molar-refractivity contribution >= 4 is 17.8 Å². The first-order valence-corrected chi connectivity index (χ1v) is 7.40. The number of hydrogen-bond acceptors (Lipinski definition) is 4. The average Bonchev–Trinajstić information content (AvgIpc) is 2.80. The normalized spacial score (nSPS) is 13.4. The first-order valence-electron chi connectivity index (χ1n) is 7.40. The van der Waals surface area contributed by atoms with Gasteiger partial charge in [0.1, 0.15) is 5.82 Å². The molecule has 24 heavy (non-hydrogen) atoms. The standard InChI is InChI=1S/C18H14FNO4/c1-10(2)11-8-5-9-14(15(11)19)18(23)24-20-16(21)12-6-3-4-7-13(12)17(20)22/h3-10H,1-2H3. The van der Waals surface area contributed by atoms with Gasteiger partial charge in [-0.2, -0.15) is 0 Å². The van der Waals surface area contributed by atoms with E-state index in [1.807, 2.05) is 0 Å². The van der Waals surface area contributed by atoms with Crippen LogP contribution < -0.4 is 0 Å². The van der Waals surface area contributed by atoms with E-state index in [2.05, 4.69) is 0 Å². The molecule has 1 heterocycles. The zero-order valence-electron chi connectivity index (χ0n) is 13.1. The minimum absolute atomic E-state index is 0.128. The van der Waals surface area contributed by atoms with Crippen LogP contribution in [-0.4, -0.2) is 22.8 Å². The van der Waals surface area contributed by atoms with Gasteiger partial charge in [-0.1, -0.05) is 43.2 Å². The number of hydrogen-bond donors (Lipinski definition) is 0. The zero-order chi connectivity index (χ0) is 17.4. The molecule has 0 saturated carbocycles. The summed E-state index contributed by atoms with van der Waals surface area (Å²) in [5.74, 6) is -3.43. The van der Waals surface area contributed by atoms with Crippen molar-refractivity contribution in [3.63, 3.8) is 0 Å². The third kappa shape index (κ3) is 2.46. The van der Waals surface area contributed by atoms with E-state index in [4.69, 9.17) is 4.84 Å². The van der Waals surface area contributed by atoms with Crippen molar-refractivity contribution in [3.05, 3.63) is 70.5 Å². The molecule has 0 fully saturated rings. The van der Waals surface area contributed by atoms with Crippen molar-refractivity contribution in [2.24, 2.45) is 0 Å². The Labute approximate surface area is 137 Å². The van der Waals surface area contributed by atoms with Crippen LogP contribution in [0, 0.1) is 5.82 Å². The molecular formula is C18H14FNO4. The Hall–Kier alpha value is -3.02. The van der Waals surface area contributed by atoms with Gasteiger partial charge in [-0.25, -0.2) is 9.18 Å². The maximum Gasteiger partial charge on any atom is 0.366 e. The number of benzene rings is 2. The Morgan fingerprint density at radius 1 is 1.00 bits per heavy atom. The number of imide groups is 1. The third-order valence-corrected chi connectivity index (χ3v) is 3.80. The van der Waals surface area contributed by atoms with E-state index in [0.717, 1.165) is 0 Å². The number of rotatable bonds is 3. The third-order valence-electron chi connectivity index (χ3n) is 3.80. The molecule has 1 aliphatic rings. The van der Waals surface area contributed by atoms with Gasteiger partial charge in [-0.15, -0.1) is 0 Å². The highest BCUT2D eigenvalue weighted by Gasteiger charge is 2.39. The minimum Gasteiger partial charge on any atom is -0.324 e. The van der Waals surface area contributed by atoms with Crippen LogP contribution in [-0.2, 0) is 4.84 Å². The van der Waals surface area contributed by atoms with Crippen molar-refractivity contribution in [1.29, 1.82) is 0 Å². The zero-order valence-corrected chi connectivity index (χ0v) is 13.1. The Balaban J connectivity index is 1.88. The van der Waals surface area contributed by atoms with Crippen molar-refractivity contribution in [2.75, 3.05) is 0 Å². The maximum absolute atomic E-state index is 14.4. The van der Waals surface area contributed by atoms with Gasteiger partial charge in [0.15, 0.2) is 0 Å². The van der Waals surface area contributed by atoms with Crippen LogP contribution in [0.15, 0.2) is 42.5 Å². The molecule has 1 aliphatic heterocycles. The van der Waals surface area contributed by atoms with Crippen LogP contribution in [0.2, 0.25) is 0 Å². The molecule has 0 saturated heterocycles. The molecule has 0 aromatic heterocycles. The second-order valence-electron chi connectivity index (χ2n) is 5.69. The van der Waals surface area contributed by atoms with E-state index in [0.29, 0.717) is 10.6 Å². The van der Waals surface area contributed by atoms with Crippen LogP contribution in [0.4, 0.5) is 4.39 Å². The Bertz CT molecular complexity index is 825. The Morgan fingerprint density at radius 3 is 2.12 bits per heavy atom. The van der Waals surface area contributed by atoms with Crippen molar-refractivity contribution in [2.45, 2.75) is 19.8 Å². The maximum atomic E-state index is 14.4.